The molecule has 0 aliphatic carbocycles. The molecular formula is C11H9ClOS2. The van der Waals surface area contributed by atoms with E-state index in [9.17, 15) is 4.79 Å². The Labute approximate surface area is 101 Å². The van der Waals surface area contributed by atoms with Gasteiger partial charge in [0.15, 0.2) is 5.78 Å². The van der Waals surface area contributed by atoms with Crippen molar-refractivity contribution in [1.29, 1.82) is 0 Å². The van der Waals surface area contributed by atoms with Crippen LogP contribution in [0.15, 0.2) is 24.3 Å². The summed E-state index contributed by atoms with van der Waals surface area (Å²) in [6.45, 7) is 2.00. The molecule has 4 heteroatoms. The Kier molecular flexibility index (Phi) is 3.24. The molecule has 15 heavy (non-hydrogen) atoms. The fourth-order valence-corrected chi connectivity index (χ4v) is 3.17. The first-order valence-corrected chi connectivity index (χ1v) is 6.50. The Hall–Kier alpha value is -0.640. The fourth-order valence-electron chi connectivity index (χ4n) is 1.28. The topological polar surface area (TPSA) is 17.1 Å². The lowest BCUT2D eigenvalue weighted by molar-refractivity contribution is 0.0997. The third-order valence-corrected chi connectivity index (χ3v) is 4.25. The maximum Gasteiger partial charge on any atom is 0.177 e. The molecule has 0 aliphatic rings. The lowest BCUT2D eigenvalue weighted by Crippen LogP contribution is -1.98. The highest BCUT2D eigenvalue weighted by molar-refractivity contribution is 7.16. The van der Waals surface area contributed by atoms with E-state index in [0.29, 0.717) is 6.42 Å². The predicted molar refractivity (Wildman–Crippen MR) is 66.4 cm³/mol. The molecule has 0 aromatic carbocycles. The van der Waals surface area contributed by atoms with Crippen molar-refractivity contribution in [3.63, 3.8) is 0 Å². The monoisotopic (exact) mass is 256 g/mol. The van der Waals surface area contributed by atoms with E-state index < -0.39 is 0 Å². The van der Waals surface area contributed by atoms with E-state index in [-0.39, 0.29) is 5.78 Å². The van der Waals surface area contributed by atoms with Crippen molar-refractivity contribution in [2.24, 2.45) is 0 Å². The Morgan fingerprint density at radius 1 is 1.27 bits per heavy atom. The minimum Gasteiger partial charge on any atom is -0.293 e. The Balaban J connectivity index is 2.10. The van der Waals surface area contributed by atoms with Crippen LogP contribution in [0.4, 0.5) is 0 Å². The number of hydrogen-bond acceptors (Lipinski definition) is 3. The van der Waals surface area contributed by atoms with Crippen LogP contribution in [-0.2, 0) is 6.42 Å². The molecule has 2 heterocycles. The number of halogens is 1. The molecule has 0 radical (unpaired) electrons. The number of thiophene rings is 2. The summed E-state index contributed by atoms with van der Waals surface area (Å²) in [7, 11) is 0. The molecule has 0 N–H and O–H groups in total. The molecule has 0 spiro atoms. The maximum absolute atomic E-state index is 11.8. The third-order valence-electron chi connectivity index (χ3n) is 1.98. The van der Waals surface area contributed by atoms with Gasteiger partial charge in [-0.2, -0.15) is 0 Å². The van der Waals surface area contributed by atoms with Crippen molar-refractivity contribution in [3.8, 4) is 0 Å². The van der Waals surface area contributed by atoms with Gasteiger partial charge >= 0.3 is 0 Å². The zero-order valence-electron chi connectivity index (χ0n) is 8.12. The second-order valence-electron chi connectivity index (χ2n) is 3.22. The summed E-state index contributed by atoms with van der Waals surface area (Å²) in [5.41, 5.74) is 0. The molecule has 2 aromatic heterocycles. The number of hydrogen-bond donors (Lipinski definition) is 0. The van der Waals surface area contributed by atoms with Gasteiger partial charge in [-0.15, -0.1) is 22.7 Å². The van der Waals surface area contributed by atoms with E-state index in [1.54, 1.807) is 11.3 Å². The van der Waals surface area contributed by atoms with E-state index in [2.05, 4.69) is 0 Å². The molecule has 0 saturated carbocycles. The predicted octanol–water partition coefficient (Wildman–Crippen LogP) is 4.20. The standard InChI is InChI=1S/C11H9ClOS2/c1-7-2-4-10(14-7)9(13)6-8-3-5-11(12)15-8/h2-5H,6H2,1H3. The van der Waals surface area contributed by atoms with Crippen LogP contribution in [0.25, 0.3) is 0 Å². The van der Waals surface area contributed by atoms with Crippen LogP contribution in [-0.4, -0.2) is 5.78 Å². The molecule has 0 amide bonds. The maximum atomic E-state index is 11.8. The second-order valence-corrected chi connectivity index (χ2v) is 6.30. The van der Waals surface area contributed by atoms with Crippen LogP contribution >= 0.6 is 34.3 Å². The molecule has 2 aromatic rings. The number of ketones is 1. The van der Waals surface area contributed by atoms with Gasteiger partial charge in [-0.25, -0.2) is 0 Å². The van der Waals surface area contributed by atoms with Gasteiger partial charge in [0.25, 0.3) is 0 Å². The van der Waals surface area contributed by atoms with E-state index in [1.807, 2.05) is 31.2 Å². The molecule has 0 unspecified atom stereocenters. The molecule has 0 bridgehead atoms. The molecule has 0 atom stereocenters. The molecule has 1 nitrogen and oxygen atoms in total. The van der Waals surface area contributed by atoms with Gasteiger partial charge in [0.05, 0.1) is 9.21 Å². The van der Waals surface area contributed by atoms with Crippen LogP contribution in [0, 0.1) is 6.92 Å². The molecular weight excluding hydrogens is 248 g/mol. The van der Waals surface area contributed by atoms with Crippen molar-refractivity contribution in [1.82, 2.24) is 0 Å². The van der Waals surface area contributed by atoms with Crippen molar-refractivity contribution in [2.75, 3.05) is 0 Å². The zero-order chi connectivity index (χ0) is 10.8. The lowest BCUT2D eigenvalue weighted by Gasteiger charge is -1.93. The van der Waals surface area contributed by atoms with Gasteiger partial charge < -0.3 is 0 Å². The van der Waals surface area contributed by atoms with Crippen molar-refractivity contribution >= 4 is 40.1 Å². The van der Waals surface area contributed by atoms with Crippen LogP contribution in [0.5, 0.6) is 0 Å². The lowest BCUT2D eigenvalue weighted by atomic mass is 10.2. The van der Waals surface area contributed by atoms with Crippen LogP contribution in [0.3, 0.4) is 0 Å². The zero-order valence-corrected chi connectivity index (χ0v) is 10.5. The summed E-state index contributed by atoms with van der Waals surface area (Å²) in [6.07, 6.45) is 0.456. The number of carbonyl (C=O) groups is 1. The van der Waals surface area contributed by atoms with Gasteiger partial charge in [-0.05, 0) is 31.2 Å². The van der Waals surface area contributed by atoms with Crippen LogP contribution in [0.1, 0.15) is 19.4 Å². The SMILES string of the molecule is Cc1ccc(C(=O)Cc2ccc(Cl)s2)s1. The van der Waals surface area contributed by atoms with Gasteiger partial charge in [-0.1, -0.05) is 11.6 Å². The van der Waals surface area contributed by atoms with Gasteiger partial charge in [0.2, 0.25) is 0 Å². The van der Waals surface area contributed by atoms with Crippen LogP contribution in [0.2, 0.25) is 4.34 Å². The number of carbonyl (C=O) groups excluding carboxylic acids is 1. The van der Waals surface area contributed by atoms with E-state index in [0.717, 1.165) is 14.1 Å². The van der Waals surface area contributed by atoms with Gasteiger partial charge in [0, 0.05) is 16.2 Å². The summed E-state index contributed by atoms with van der Waals surface area (Å²) in [4.78, 5) is 14.8. The first kappa shape index (κ1) is 10.9. The van der Waals surface area contributed by atoms with Gasteiger partial charge in [-0.3, -0.25) is 4.79 Å². The van der Waals surface area contributed by atoms with Crippen LogP contribution < -0.4 is 0 Å². The molecule has 78 valence electrons. The summed E-state index contributed by atoms with van der Waals surface area (Å²) in [5, 5.41) is 0. The molecule has 0 fully saturated rings. The van der Waals surface area contributed by atoms with E-state index >= 15 is 0 Å². The van der Waals surface area contributed by atoms with Crippen molar-refractivity contribution in [3.05, 3.63) is 43.2 Å². The summed E-state index contributed by atoms with van der Waals surface area (Å²) >= 11 is 8.81. The minimum absolute atomic E-state index is 0.173. The molecule has 0 aliphatic heterocycles. The van der Waals surface area contributed by atoms with Crippen molar-refractivity contribution < 1.29 is 4.79 Å². The average Bonchev–Trinajstić information content (AvgIpc) is 2.75. The Bertz CT molecular complexity index is 484. The van der Waals surface area contributed by atoms with E-state index in [1.165, 1.54) is 16.2 Å². The average molecular weight is 257 g/mol. The quantitative estimate of drug-likeness (QED) is 0.753. The first-order chi connectivity index (χ1) is 7.15. The highest BCUT2D eigenvalue weighted by Gasteiger charge is 2.10. The Morgan fingerprint density at radius 3 is 2.60 bits per heavy atom. The van der Waals surface area contributed by atoms with E-state index in [4.69, 9.17) is 11.6 Å². The summed E-state index contributed by atoms with van der Waals surface area (Å²) in [6, 6.07) is 7.59. The summed E-state index contributed by atoms with van der Waals surface area (Å²) in [5.74, 6) is 0.173. The Morgan fingerprint density at radius 2 is 2.07 bits per heavy atom. The smallest absolute Gasteiger partial charge is 0.177 e. The molecule has 0 saturated heterocycles. The highest BCUT2D eigenvalue weighted by Crippen LogP contribution is 2.24. The second kappa shape index (κ2) is 4.47. The number of rotatable bonds is 3. The van der Waals surface area contributed by atoms with Crippen molar-refractivity contribution in [2.45, 2.75) is 13.3 Å². The van der Waals surface area contributed by atoms with Gasteiger partial charge in [0.1, 0.15) is 0 Å². The largest absolute Gasteiger partial charge is 0.293 e. The highest BCUT2D eigenvalue weighted by atomic mass is 35.5. The number of aryl methyl sites for hydroxylation is 1. The minimum atomic E-state index is 0.173. The fraction of sp³-hybridized carbons (Fsp3) is 0.182. The summed E-state index contributed by atoms with van der Waals surface area (Å²) < 4.78 is 0.736. The number of Topliss-reactive ketones (excluding diaryl/α,β-unsaturated/α-hetero) is 1. The third kappa shape index (κ3) is 2.68. The normalized spacial score (nSPS) is 10.5. The molecule has 2 rings (SSSR count). The first-order valence-electron chi connectivity index (χ1n) is 4.49.